The maximum Gasteiger partial charge on any atom is 0.255 e. The van der Waals surface area contributed by atoms with Crippen molar-refractivity contribution < 1.29 is 14.3 Å². The lowest BCUT2D eigenvalue weighted by Gasteiger charge is -2.16. The number of benzene rings is 1. The van der Waals surface area contributed by atoms with Crippen LogP contribution in [0.1, 0.15) is 23.2 Å². The number of hydrogen-bond acceptors (Lipinski definition) is 3. The van der Waals surface area contributed by atoms with Crippen LogP contribution in [0.15, 0.2) is 18.2 Å². The Labute approximate surface area is 111 Å². The first-order valence-electron chi connectivity index (χ1n) is 5.75. The lowest BCUT2D eigenvalue weighted by molar-refractivity contribution is 0.0932. The molecule has 2 rings (SSSR count). The number of hydrogen-bond donors (Lipinski definition) is 1. The van der Waals surface area contributed by atoms with Crippen molar-refractivity contribution in [3.05, 3.63) is 23.8 Å². The van der Waals surface area contributed by atoms with E-state index in [4.69, 9.17) is 21.1 Å². The Hall–Kier alpha value is -1.42. The highest BCUT2D eigenvalue weighted by Gasteiger charge is 2.43. The van der Waals surface area contributed by atoms with Crippen LogP contribution in [-0.2, 0) is 0 Å². The zero-order valence-electron chi connectivity index (χ0n) is 10.5. The number of amides is 1. The summed E-state index contributed by atoms with van der Waals surface area (Å²) in [6.07, 6.45) is 1.85. The van der Waals surface area contributed by atoms with Crippen molar-refractivity contribution in [2.75, 3.05) is 20.1 Å². The van der Waals surface area contributed by atoms with E-state index in [-0.39, 0.29) is 11.4 Å². The largest absolute Gasteiger partial charge is 0.493 e. The van der Waals surface area contributed by atoms with Gasteiger partial charge in [0.15, 0.2) is 11.5 Å². The second-order valence-corrected chi connectivity index (χ2v) is 4.68. The number of ether oxygens (including phenoxy) is 2. The summed E-state index contributed by atoms with van der Waals surface area (Å²) in [5.74, 6) is 1.25. The molecule has 1 aromatic carbocycles. The normalized spacial score (nSPS) is 15.9. The van der Waals surface area contributed by atoms with Gasteiger partial charge in [-0.2, -0.15) is 0 Å². The van der Waals surface area contributed by atoms with Crippen molar-refractivity contribution in [1.82, 2.24) is 5.32 Å². The summed E-state index contributed by atoms with van der Waals surface area (Å²) in [5, 5.41) is 2.95. The van der Waals surface area contributed by atoms with E-state index in [1.165, 1.54) is 7.11 Å². The van der Waals surface area contributed by atoms with Gasteiger partial charge in [-0.15, -0.1) is 11.6 Å². The summed E-state index contributed by atoms with van der Waals surface area (Å²) in [4.78, 5) is 12.2. The van der Waals surface area contributed by atoms with Gasteiger partial charge in [0.2, 0.25) is 0 Å². The van der Waals surface area contributed by atoms with Gasteiger partial charge in [0.1, 0.15) is 0 Å². The summed E-state index contributed by atoms with van der Waals surface area (Å²) in [7, 11) is 3.06. The maximum atomic E-state index is 12.2. The first-order chi connectivity index (χ1) is 8.65. The molecule has 98 valence electrons. The summed E-state index contributed by atoms with van der Waals surface area (Å²) in [6.45, 7) is 0. The third-order valence-corrected chi connectivity index (χ3v) is 3.65. The highest BCUT2D eigenvalue weighted by molar-refractivity contribution is 6.19. The fraction of sp³-hybridized carbons (Fsp3) is 0.462. The summed E-state index contributed by atoms with van der Waals surface area (Å²) in [5.41, 5.74) is 0.237. The Bertz CT molecular complexity index is 458. The van der Waals surface area contributed by atoms with Crippen LogP contribution in [0.25, 0.3) is 0 Å². The molecule has 1 aromatic rings. The quantitative estimate of drug-likeness (QED) is 0.834. The van der Waals surface area contributed by atoms with Crippen molar-refractivity contribution in [2.24, 2.45) is 0 Å². The molecule has 0 atom stereocenters. The molecule has 18 heavy (non-hydrogen) atoms. The van der Waals surface area contributed by atoms with Crippen LogP contribution < -0.4 is 14.8 Å². The number of halogens is 1. The molecule has 0 radical (unpaired) electrons. The van der Waals surface area contributed by atoms with Crippen LogP contribution in [0, 0.1) is 0 Å². The predicted molar refractivity (Wildman–Crippen MR) is 69.7 cm³/mol. The number of carbonyl (C=O) groups excluding carboxylic acids is 1. The van der Waals surface area contributed by atoms with Gasteiger partial charge in [-0.25, -0.2) is 0 Å². The highest BCUT2D eigenvalue weighted by atomic mass is 35.5. The van der Waals surface area contributed by atoms with Gasteiger partial charge >= 0.3 is 0 Å². The smallest absolute Gasteiger partial charge is 0.255 e. The molecule has 0 bridgehead atoms. The minimum atomic E-state index is -0.229. The lowest BCUT2D eigenvalue weighted by atomic mass is 10.1. The SMILES string of the molecule is COc1cccc(C(=O)NC2(CCl)CC2)c1OC. The zero-order chi connectivity index (χ0) is 13.2. The van der Waals surface area contributed by atoms with Gasteiger partial charge in [-0.3, -0.25) is 4.79 Å². The zero-order valence-corrected chi connectivity index (χ0v) is 11.2. The standard InChI is InChI=1S/C13H16ClNO3/c1-17-10-5-3-4-9(11(10)18-2)12(16)15-13(8-14)6-7-13/h3-5H,6-8H2,1-2H3,(H,15,16). The van der Waals surface area contributed by atoms with E-state index in [2.05, 4.69) is 5.32 Å². The maximum absolute atomic E-state index is 12.2. The average Bonchev–Trinajstić information content (AvgIpc) is 3.17. The van der Waals surface area contributed by atoms with Crippen LogP contribution in [0.4, 0.5) is 0 Å². The second kappa shape index (κ2) is 5.06. The molecule has 0 aromatic heterocycles. The first-order valence-corrected chi connectivity index (χ1v) is 6.29. The average molecular weight is 270 g/mol. The van der Waals surface area contributed by atoms with Gasteiger partial charge in [0.25, 0.3) is 5.91 Å². The molecule has 5 heteroatoms. The van der Waals surface area contributed by atoms with Crippen LogP contribution in [0.3, 0.4) is 0 Å². The predicted octanol–water partition coefficient (Wildman–Crippen LogP) is 2.21. The van der Waals surface area contributed by atoms with Crippen molar-refractivity contribution in [3.8, 4) is 11.5 Å². The Kier molecular flexibility index (Phi) is 3.66. The second-order valence-electron chi connectivity index (χ2n) is 4.41. The van der Waals surface area contributed by atoms with Crippen molar-refractivity contribution in [3.63, 3.8) is 0 Å². The molecule has 0 aliphatic heterocycles. The van der Waals surface area contributed by atoms with Crippen LogP contribution in [0.2, 0.25) is 0 Å². The summed E-state index contributed by atoms with van der Waals surface area (Å²) >= 11 is 5.85. The molecule has 1 amide bonds. The molecule has 0 heterocycles. The Morgan fingerprint density at radius 3 is 2.61 bits per heavy atom. The third kappa shape index (κ3) is 2.38. The van der Waals surface area contributed by atoms with Gasteiger partial charge in [0, 0.05) is 5.88 Å². The minimum absolute atomic E-state index is 0.177. The van der Waals surface area contributed by atoms with Crippen LogP contribution in [0.5, 0.6) is 11.5 Å². The van der Waals surface area contributed by atoms with E-state index in [9.17, 15) is 4.79 Å². The number of carbonyl (C=O) groups is 1. The Balaban J connectivity index is 2.24. The van der Waals surface area contributed by atoms with E-state index >= 15 is 0 Å². The fourth-order valence-corrected chi connectivity index (χ4v) is 2.15. The van der Waals surface area contributed by atoms with Gasteiger partial charge in [-0.1, -0.05) is 6.07 Å². The molecule has 0 saturated heterocycles. The number of para-hydroxylation sites is 1. The topological polar surface area (TPSA) is 47.6 Å². The van der Waals surface area contributed by atoms with E-state index in [1.807, 2.05) is 0 Å². The number of alkyl halides is 1. The summed E-state index contributed by atoms with van der Waals surface area (Å²) in [6, 6.07) is 5.22. The molecule has 0 unspecified atom stereocenters. The number of rotatable bonds is 5. The van der Waals surface area contributed by atoms with Gasteiger partial charge in [-0.05, 0) is 25.0 Å². The van der Waals surface area contributed by atoms with Crippen molar-refractivity contribution in [2.45, 2.75) is 18.4 Å². The van der Waals surface area contributed by atoms with E-state index in [1.54, 1.807) is 25.3 Å². The molecule has 1 fully saturated rings. The van der Waals surface area contributed by atoms with Crippen molar-refractivity contribution >= 4 is 17.5 Å². The molecule has 1 aliphatic carbocycles. The lowest BCUT2D eigenvalue weighted by Crippen LogP contribution is -2.38. The van der Waals surface area contributed by atoms with Crippen LogP contribution in [-0.4, -0.2) is 31.5 Å². The Morgan fingerprint density at radius 1 is 1.39 bits per heavy atom. The molecule has 1 N–H and O–H groups in total. The monoisotopic (exact) mass is 269 g/mol. The van der Waals surface area contributed by atoms with E-state index in [0.29, 0.717) is 22.9 Å². The van der Waals surface area contributed by atoms with Crippen molar-refractivity contribution in [1.29, 1.82) is 0 Å². The van der Waals surface area contributed by atoms with Gasteiger partial charge in [0.05, 0.1) is 25.3 Å². The Morgan fingerprint density at radius 2 is 2.11 bits per heavy atom. The minimum Gasteiger partial charge on any atom is -0.493 e. The molecule has 4 nitrogen and oxygen atoms in total. The molecule has 0 spiro atoms. The highest BCUT2D eigenvalue weighted by Crippen LogP contribution is 2.38. The number of nitrogens with one attached hydrogen (secondary N) is 1. The molecular weight excluding hydrogens is 254 g/mol. The molecule has 1 saturated carbocycles. The molecule has 1 aliphatic rings. The van der Waals surface area contributed by atoms with E-state index in [0.717, 1.165) is 12.8 Å². The van der Waals surface area contributed by atoms with E-state index < -0.39 is 0 Å². The third-order valence-electron chi connectivity index (χ3n) is 3.14. The van der Waals surface area contributed by atoms with Gasteiger partial charge < -0.3 is 14.8 Å². The number of methoxy groups -OCH3 is 2. The first kappa shape index (κ1) is 13.0. The molecular formula is C13H16ClNO3. The summed E-state index contributed by atoms with van der Waals surface area (Å²) < 4.78 is 10.4. The fourth-order valence-electron chi connectivity index (χ4n) is 1.82. The van der Waals surface area contributed by atoms with Crippen LogP contribution >= 0.6 is 11.6 Å².